The number of fused-ring (bicyclic) bond motifs is 2. The predicted octanol–water partition coefficient (Wildman–Crippen LogP) is 1.92. The summed E-state index contributed by atoms with van der Waals surface area (Å²) < 4.78 is 22.9. The molecule has 4 aromatic carbocycles. The molecular weight excluding hydrogens is 342 g/mol. The van der Waals surface area contributed by atoms with E-state index in [2.05, 4.69) is 0 Å². The van der Waals surface area contributed by atoms with Crippen LogP contribution >= 0.6 is 7.82 Å². The average Bonchev–Trinajstić information content (AvgIpc) is 2.62. The summed E-state index contributed by atoms with van der Waals surface area (Å²) in [6, 6.07) is 25.3. The van der Waals surface area contributed by atoms with Crippen LogP contribution in [0, 0.1) is 0 Å². The SMILES string of the molecule is O=P([O-])(Oc1cccc2ccccc12)Oc1cccc2ccccc12.[Li+]. The standard InChI is InChI=1S/C20H15O4P.Li/c21-25(22,23-19-13-5-9-15-7-1-3-11-17(15)19)24-20-14-6-10-16-8-2-4-12-18(16)20;/h1-14H,(H,21,22);/q;+1/p-1. The third kappa shape index (κ3) is 3.80. The smallest absolute Gasteiger partial charge is 0.736 e. The van der Waals surface area contributed by atoms with Crippen LogP contribution in [0.4, 0.5) is 0 Å². The molecule has 0 heterocycles. The second-order valence-corrected chi connectivity index (χ2v) is 6.84. The molecular formula is C20H14LiO4P. The molecule has 4 aromatic rings. The predicted molar refractivity (Wildman–Crippen MR) is 96.8 cm³/mol. The number of hydrogen-bond acceptors (Lipinski definition) is 4. The fraction of sp³-hybridized carbons (Fsp3) is 0. The molecule has 0 amide bonds. The van der Waals surface area contributed by atoms with Crippen molar-refractivity contribution in [2.75, 3.05) is 0 Å². The molecule has 4 rings (SSSR count). The van der Waals surface area contributed by atoms with E-state index in [9.17, 15) is 9.46 Å². The van der Waals surface area contributed by atoms with Crippen LogP contribution in [0.5, 0.6) is 11.5 Å². The zero-order chi connectivity index (χ0) is 17.3. The van der Waals surface area contributed by atoms with Crippen LogP contribution < -0.4 is 32.8 Å². The Labute approximate surface area is 163 Å². The summed E-state index contributed by atoms with van der Waals surface area (Å²) in [5.41, 5.74) is 0. The molecule has 6 heteroatoms. The van der Waals surface area contributed by atoms with Crippen molar-refractivity contribution in [3.8, 4) is 11.5 Å². The van der Waals surface area contributed by atoms with Gasteiger partial charge in [-0.25, -0.2) is 4.57 Å². The van der Waals surface area contributed by atoms with E-state index in [0.717, 1.165) is 10.8 Å². The van der Waals surface area contributed by atoms with Crippen molar-refractivity contribution in [3.05, 3.63) is 84.9 Å². The Kier molecular flexibility index (Phi) is 5.41. The molecule has 0 fully saturated rings. The van der Waals surface area contributed by atoms with Gasteiger partial charge in [-0.3, -0.25) is 0 Å². The Hall–Kier alpha value is -2.21. The van der Waals surface area contributed by atoms with E-state index in [0.29, 0.717) is 10.8 Å². The number of phosphoric acid groups is 1. The molecule has 0 saturated heterocycles. The molecule has 0 spiro atoms. The normalized spacial score (nSPS) is 11.1. The molecule has 0 N–H and O–H groups in total. The second kappa shape index (κ2) is 7.58. The Balaban J connectivity index is 0.00000196. The van der Waals surface area contributed by atoms with Gasteiger partial charge >= 0.3 is 26.7 Å². The van der Waals surface area contributed by atoms with E-state index in [-0.39, 0.29) is 30.4 Å². The summed E-state index contributed by atoms with van der Waals surface area (Å²) in [4.78, 5) is 12.4. The molecule has 0 aliphatic heterocycles. The summed E-state index contributed by atoms with van der Waals surface area (Å²) in [7, 11) is -4.60. The number of hydrogen-bond donors (Lipinski definition) is 0. The first-order chi connectivity index (χ1) is 12.1. The third-order valence-corrected chi connectivity index (χ3v) is 4.76. The molecule has 0 bridgehead atoms. The minimum Gasteiger partial charge on any atom is -0.736 e. The van der Waals surface area contributed by atoms with Gasteiger partial charge in [0.15, 0.2) is 0 Å². The summed E-state index contributed by atoms with van der Waals surface area (Å²) >= 11 is 0. The van der Waals surface area contributed by atoms with Gasteiger partial charge in [0.25, 0.3) is 0 Å². The zero-order valence-electron chi connectivity index (χ0n) is 14.2. The van der Waals surface area contributed by atoms with Crippen LogP contribution in [-0.2, 0) is 4.57 Å². The minimum absolute atomic E-state index is 0. The van der Waals surface area contributed by atoms with Crippen LogP contribution in [0.2, 0.25) is 0 Å². The van der Waals surface area contributed by atoms with Gasteiger partial charge in [0.1, 0.15) is 11.5 Å². The van der Waals surface area contributed by atoms with E-state index >= 15 is 0 Å². The first-order valence-electron chi connectivity index (χ1n) is 7.78. The van der Waals surface area contributed by atoms with Crippen molar-refractivity contribution in [3.63, 3.8) is 0 Å². The maximum atomic E-state index is 12.4. The van der Waals surface area contributed by atoms with Gasteiger partial charge in [-0.15, -0.1) is 0 Å². The van der Waals surface area contributed by atoms with E-state index in [1.807, 2.05) is 60.7 Å². The van der Waals surface area contributed by atoms with E-state index in [1.54, 1.807) is 24.3 Å². The molecule has 0 saturated carbocycles. The van der Waals surface area contributed by atoms with Crippen molar-refractivity contribution in [1.29, 1.82) is 0 Å². The fourth-order valence-electron chi connectivity index (χ4n) is 2.81. The van der Waals surface area contributed by atoms with Gasteiger partial charge in [-0.2, -0.15) is 0 Å². The van der Waals surface area contributed by atoms with Crippen LogP contribution in [0.3, 0.4) is 0 Å². The van der Waals surface area contributed by atoms with Gasteiger partial charge in [0.05, 0.1) is 0 Å². The van der Waals surface area contributed by atoms with Crippen LogP contribution in [0.25, 0.3) is 21.5 Å². The first kappa shape index (κ1) is 18.6. The molecule has 26 heavy (non-hydrogen) atoms. The molecule has 0 aliphatic rings. The number of benzene rings is 4. The zero-order valence-corrected chi connectivity index (χ0v) is 15.1. The van der Waals surface area contributed by atoms with Crippen molar-refractivity contribution in [2.45, 2.75) is 0 Å². The van der Waals surface area contributed by atoms with Gasteiger partial charge in [0, 0.05) is 10.8 Å². The Bertz CT molecular complexity index is 1020. The average molecular weight is 356 g/mol. The quantitative estimate of drug-likeness (QED) is 0.414. The molecule has 0 unspecified atom stereocenters. The maximum Gasteiger partial charge on any atom is 1.00 e. The van der Waals surface area contributed by atoms with Crippen molar-refractivity contribution >= 4 is 29.4 Å². The summed E-state index contributed by atoms with van der Waals surface area (Å²) in [6.45, 7) is 0. The van der Waals surface area contributed by atoms with Crippen LogP contribution in [0.1, 0.15) is 0 Å². The molecule has 0 radical (unpaired) electrons. The second-order valence-electron chi connectivity index (χ2n) is 5.58. The molecule has 0 aliphatic carbocycles. The van der Waals surface area contributed by atoms with Crippen LogP contribution in [0.15, 0.2) is 84.9 Å². The molecule has 124 valence electrons. The maximum absolute atomic E-state index is 12.4. The van der Waals surface area contributed by atoms with E-state index in [1.165, 1.54) is 0 Å². The monoisotopic (exact) mass is 356 g/mol. The summed E-state index contributed by atoms with van der Waals surface area (Å²) in [6.07, 6.45) is 0. The molecule has 0 atom stereocenters. The number of phosphoric ester groups is 1. The van der Waals surface area contributed by atoms with Gasteiger partial charge in [-0.05, 0) is 22.9 Å². The van der Waals surface area contributed by atoms with Crippen molar-refractivity contribution < 1.29 is 37.4 Å². The van der Waals surface area contributed by atoms with Gasteiger partial charge < -0.3 is 13.9 Å². The fourth-order valence-corrected chi connectivity index (χ4v) is 3.65. The third-order valence-electron chi connectivity index (χ3n) is 3.92. The Morgan fingerprint density at radius 1 is 0.615 bits per heavy atom. The molecule has 4 nitrogen and oxygen atoms in total. The minimum atomic E-state index is -4.60. The Morgan fingerprint density at radius 2 is 1.00 bits per heavy atom. The van der Waals surface area contributed by atoms with Crippen molar-refractivity contribution in [2.24, 2.45) is 0 Å². The largest absolute Gasteiger partial charge is 1.00 e. The van der Waals surface area contributed by atoms with Gasteiger partial charge in [-0.1, -0.05) is 72.8 Å². The summed E-state index contributed by atoms with van der Waals surface area (Å²) in [5.74, 6) is 0.494. The summed E-state index contributed by atoms with van der Waals surface area (Å²) in [5, 5.41) is 3.21. The van der Waals surface area contributed by atoms with E-state index < -0.39 is 7.82 Å². The number of rotatable bonds is 4. The Morgan fingerprint density at radius 3 is 1.46 bits per heavy atom. The topological polar surface area (TPSA) is 58.6 Å². The van der Waals surface area contributed by atoms with Crippen LogP contribution in [-0.4, -0.2) is 0 Å². The molecule has 0 aromatic heterocycles. The van der Waals surface area contributed by atoms with Gasteiger partial charge in [0.2, 0.25) is 0 Å². The van der Waals surface area contributed by atoms with E-state index in [4.69, 9.17) is 9.05 Å². The first-order valence-corrected chi connectivity index (χ1v) is 9.24. The van der Waals surface area contributed by atoms with Crippen molar-refractivity contribution in [1.82, 2.24) is 0 Å².